The number of allylic oxidation sites excluding steroid dienone is 2. The first-order chi connectivity index (χ1) is 5.79. The largest absolute Gasteiger partial charge is 0.299 e. The standard InChI is InChI=1S/C11H14O/c12-9-4-7-10-5-2-1-3-6-11(9,10)8-10/h1,3H,2,4-8H2. The quantitative estimate of drug-likeness (QED) is 0.500. The Morgan fingerprint density at radius 1 is 1.25 bits per heavy atom. The van der Waals surface area contributed by atoms with E-state index in [2.05, 4.69) is 12.2 Å². The fourth-order valence-electron chi connectivity index (χ4n) is 3.46. The van der Waals surface area contributed by atoms with Gasteiger partial charge in [-0.1, -0.05) is 12.2 Å². The van der Waals surface area contributed by atoms with Gasteiger partial charge in [0.05, 0.1) is 0 Å². The molecule has 1 heteroatoms. The maximum Gasteiger partial charge on any atom is 0.139 e. The lowest BCUT2D eigenvalue weighted by Crippen LogP contribution is -2.13. The molecule has 2 saturated carbocycles. The molecule has 0 aromatic rings. The highest BCUT2D eigenvalue weighted by Gasteiger charge is 2.72. The van der Waals surface area contributed by atoms with Crippen LogP contribution in [0.4, 0.5) is 0 Å². The molecule has 2 fully saturated rings. The number of Topliss-reactive ketones (excluding diaryl/α,β-unsaturated/α-hetero) is 1. The minimum absolute atomic E-state index is 0.153. The first-order valence-corrected chi connectivity index (χ1v) is 4.98. The number of ketones is 1. The van der Waals surface area contributed by atoms with E-state index in [-0.39, 0.29) is 5.41 Å². The van der Waals surface area contributed by atoms with Gasteiger partial charge in [-0.25, -0.2) is 0 Å². The Hall–Kier alpha value is -0.590. The minimum Gasteiger partial charge on any atom is -0.299 e. The highest BCUT2D eigenvalue weighted by atomic mass is 16.1. The Kier molecular flexibility index (Phi) is 1.05. The lowest BCUT2D eigenvalue weighted by atomic mass is 9.91. The van der Waals surface area contributed by atoms with E-state index in [1.54, 1.807) is 0 Å². The zero-order valence-corrected chi connectivity index (χ0v) is 7.31. The lowest BCUT2D eigenvalue weighted by Gasteiger charge is -2.11. The molecule has 64 valence electrons. The molecule has 3 aliphatic carbocycles. The Labute approximate surface area is 72.8 Å². The molecule has 0 radical (unpaired) electrons. The number of carbonyl (C=O) groups excluding carboxylic acids is 1. The van der Waals surface area contributed by atoms with Gasteiger partial charge in [0.1, 0.15) is 5.78 Å². The topological polar surface area (TPSA) is 17.1 Å². The fourth-order valence-corrected chi connectivity index (χ4v) is 3.46. The molecule has 0 aromatic carbocycles. The van der Waals surface area contributed by atoms with Crippen molar-refractivity contribution in [3.63, 3.8) is 0 Å². The molecule has 1 nitrogen and oxygen atoms in total. The Bertz CT molecular complexity index is 275. The van der Waals surface area contributed by atoms with Gasteiger partial charge in [-0.3, -0.25) is 4.79 Å². The number of hydrogen-bond donors (Lipinski definition) is 0. The summed E-state index contributed by atoms with van der Waals surface area (Å²) in [6.45, 7) is 0. The van der Waals surface area contributed by atoms with Gasteiger partial charge in [0, 0.05) is 11.8 Å². The number of carbonyl (C=O) groups is 1. The Balaban J connectivity index is 2.02. The van der Waals surface area contributed by atoms with Crippen LogP contribution in [0.1, 0.15) is 38.5 Å². The Morgan fingerprint density at radius 2 is 2.17 bits per heavy atom. The van der Waals surface area contributed by atoms with Crippen LogP contribution < -0.4 is 0 Å². The monoisotopic (exact) mass is 162 g/mol. The van der Waals surface area contributed by atoms with Crippen molar-refractivity contribution in [2.45, 2.75) is 38.5 Å². The molecular formula is C11H14O. The van der Waals surface area contributed by atoms with Crippen molar-refractivity contribution in [2.75, 3.05) is 0 Å². The summed E-state index contributed by atoms with van der Waals surface area (Å²) in [7, 11) is 0. The Morgan fingerprint density at radius 3 is 3.08 bits per heavy atom. The molecule has 3 rings (SSSR count). The molecular weight excluding hydrogens is 148 g/mol. The van der Waals surface area contributed by atoms with Crippen molar-refractivity contribution in [3.05, 3.63) is 12.2 Å². The summed E-state index contributed by atoms with van der Waals surface area (Å²) in [4.78, 5) is 11.7. The van der Waals surface area contributed by atoms with Gasteiger partial charge in [-0.2, -0.15) is 0 Å². The molecule has 2 unspecified atom stereocenters. The summed E-state index contributed by atoms with van der Waals surface area (Å²) in [6.07, 6.45) is 11.3. The van der Waals surface area contributed by atoms with Crippen LogP contribution in [0.15, 0.2) is 12.2 Å². The van der Waals surface area contributed by atoms with Crippen molar-refractivity contribution in [3.8, 4) is 0 Å². The van der Waals surface area contributed by atoms with E-state index in [0.717, 1.165) is 12.8 Å². The van der Waals surface area contributed by atoms with Gasteiger partial charge in [0.15, 0.2) is 0 Å². The molecule has 12 heavy (non-hydrogen) atoms. The molecule has 0 spiro atoms. The molecule has 0 heterocycles. The molecule has 0 aliphatic heterocycles. The van der Waals surface area contributed by atoms with Gasteiger partial charge in [0.25, 0.3) is 0 Å². The van der Waals surface area contributed by atoms with Crippen LogP contribution in [0.2, 0.25) is 0 Å². The first kappa shape index (κ1) is 6.88. The third-order valence-corrected chi connectivity index (χ3v) is 4.32. The van der Waals surface area contributed by atoms with E-state index in [1.807, 2.05) is 0 Å². The second kappa shape index (κ2) is 1.84. The molecule has 3 aliphatic rings. The summed E-state index contributed by atoms with van der Waals surface area (Å²) < 4.78 is 0. The van der Waals surface area contributed by atoms with Crippen LogP contribution >= 0.6 is 0 Å². The second-order valence-corrected chi connectivity index (χ2v) is 4.68. The van der Waals surface area contributed by atoms with Gasteiger partial charge >= 0.3 is 0 Å². The third kappa shape index (κ3) is 0.562. The average molecular weight is 162 g/mol. The molecule has 0 N–H and O–H groups in total. The van der Waals surface area contributed by atoms with Gasteiger partial charge in [0.2, 0.25) is 0 Å². The van der Waals surface area contributed by atoms with Gasteiger partial charge < -0.3 is 0 Å². The maximum atomic E-state index is 11.7. The van der Waals surface area contributed by atoms with Crippen LogP contribution in [0, 0.1) is 10.8 Å². The van der Waals surface area contributed by atoms with Crippen LogP contribution in [0.5, 0.6) is 0 Å². The minimum atomic E-state index is 0.153. The van der Waals surface area contributed by atoms with Crippen LogP contribution in [0.25, 0.3) is 0 Å². The van der Waals surface area contributed by atoms with Crippen LogP contribution in [-0.2, 0) is 4.79 Å². The van der Waals surface area contributed by atoms with Crippen molar-refractivity contribution in [2.24, 2.45) is 10.8 Å². The molecule has 0 saturated heterocycles. The van der Waals surface area contributed by atoms with E-state index in [4.69, 9.17) is 0 Å². The van der Waals surface area contributed by atoms with E-state index in [0.29, 0.717) is 11.2 Å². The summed E-state index contributed by atoms with van der Waals surface area (Å²) in [6, 6.07) is 0. The van der Waals surface area contributed by atoms with E-state index in [1.165, 1.54) is 25.7 Å². The van der Waals surface area contributed by atoms with E-state index in [9.17, 15) is 4.79 Å². The molecule has 2 atom stereocenters. The summed E-state index contributed by atoms with van der Waals surface area (Å²) in [5.74, 6) is 0.564. The predicted octanol–water partition coefficient (Wildman–Crippen LogP) is 2.47. The van der Waals surface area contributed by atoms with Gasteiger partial charge in [-0.05, 0) is 37.5 Å². The lowest BCUT2D eigenvalue weighted by molar-refractivity contribution is -0.122. The van der Waals surface area contributed by atoms with Crippen molar-refractivity contribution in [1.82, 2.24) is 0 Å². The van der Waals surface area contributed by atoms with Crippen molar-refractivity contribution in [1.29, 1.82) is 0 Å². The average Bonchev–Trinajstić information content (AvgIpc) is 2.64. The van der Waals surface area contributed by atoms with Crippen LogP contribution in [-0.4, -0.2) is 5.78 Å². The van der Waals surface area contributed by atoms with Crippen LogP contribution in [0.3, 0.4) is 0 Å². The zero-order valence-electron chi connectivity index (χ0n) is 7.31. The molecule has 0 amide bonds. The first-order valence-electron chi connectivity index (χ1n) is 4.98. The summed E-state index contributed by atoms with van der Waals surface area (Å²) >= 11 is 0. The van der Waals surface area contributed by atoms with E-state index < -0.39 is 0 Å². The van der Waals surface area contributed by atoms with Crippen molar-refractivity contribution < 1.29 is 4.79 Å². The molecule has 0 bridgehead atoms. The smallest absolute Gasteiger partial charge is 0.139 e. The maximum absolute atomic E-state index is 11.7. The normalized spacial score (nSPS) is 49.8. The second-order valence-electron chi connectivity index (χ2n) is 4.68. The number of rotatable bonds is 0. The molecule has 0 aromatic heterocycles. The van der Waals surface area contributed by atoms with Crippen molar-refractivity contribution >= 4 is 5.78 Å². The zero-order chi connectivity index (χ0) is 8.23. The van der Waals surface area contributed by atoms with E-state index >= 15 is 0 Å². The summed E-state index contributed by atoms with van der Waals surface area (Å²) in [5.41, 5.74) is 0.633. The predicted molar refractivity (Wildman–Crippen MR) is 46.7 cm³/mol. The fraction of sp³-hybridized carbons (Fsp3) is 0.727. The highest BCUT2D eigenvalue weighted by molar-refractivity contribution is 5.92. The third-order valence-electron chi connectivity index (χ3n) is 4.32. The number of hydrogen-bond acceptors (Lipinski definition) is 1. The summed E-state index contributed by atoms with van der Waals surface area (Å²) in [5, 5.41) is 0. The SMILES string of the molecule is O=C1CCC23CCC=CCC12C3. The van der Waals surface area contributed by atoms with Gasteiger partial charge in [-0.15, -0.1) is 0 Å². The highest BCUT2D eigenvalue weighted by Crippen LogP contribution is 2.76.